The van der Waals surface area contributed by atoms with E-state index in [0.29, 0.717) is 0 Å². The quantitative estimate of drug-likeness (QED) is 0.813. The van der Waals surface area contributed by atoms with Gasteiger partial charge in [0, 0.05) is 0 Å². The van der Waals surface area contributed by atoms with E-state index < -0.39 is 0 Å². The Morgan fingerprint density at radius 3 is 2.62 bits per heavy atom. The monoisotopic (exact) mass is 214 g/mol. The highest BCUT2D eigenvalue weighted by Gasteiger charge is 2.09. The highest BCUT2D eigenvalue weighted by molar-refractivity contribution is 5.85. The molecule has 2 rings (SSSR count). The largest absolute Gasteiger partial charge is 0.388 e. The van der Waals surface area contributed by atoms with Crippen LogP contribution < -0.4 is 0 Å². The lowest BCUT2D eigenvalue weighted by molar-refractivity contribution is 0.166. The van der Waals surface area contributed by atoms with Gasteiger partial charge in [0.1, 0.15) is 0 Å². The first-order valence-corrected chi connectivity index (χ1v) is 5.98. The Labute approximate surface area is 96.7 Å². The smallest absolute Gasteiger partial charge is 0.0796 e. The fourth-order valence-electron chi connectivity index (χ4n) is 2.09. The van der Waals surface area contributed by atoms with Gasteiger partial charge in [-0.25, -0.2) is 0 Å². The minimum absolute atomic E-state index is 0.328. The van der Waals surface area contributed by atoms with E-state index >= 15 is 0 Å². The second-order valence-corrected chi connectivity index (χ2v) is 4.23. The number of benzene rings is 2. The summed E-state index contributed by atoms with van der Waals surface area (Å²) in [6.45, 7) is 2.15. The molecule has 1 heteroatoms. The van der Waals surface area contributed by atoms with Crippen LogP contribution in [0.3, 0.4) is 0 Å². The number of aliphatic hydroxyl groups excluding tert-OH is 1. The van der Waals surface area contributed by atoms with E-state index in [-0.39, 0.29) is 6.10 Å². The summed E-state index contributed by atoms with van der Waals surface area (Å²) in [4.78, 5) is 0. The van der Waals surface area contributed by atoms with Crippen LogP contribution in [0.4, 0.5) is 0 Å². The van der Waals surface area contributed by atoms with E-state index in [1.807, 2.05) is 24.3 Å². The molecule has 2 aromatic carbocycles. The Bertz CT molecular complexity index is 456. The van der Waals surface area contributed by atoms with E-state index in [4.69, 9.17) is 0 Å². The second kappa shape index (κ2) is 5.13. The van der Waals surface area contributed by atoms with E-state index in [2.05, 4.69) is 25.1 Å². The molecular formula is C15H18O. The first-order valence-electron chi connectivity index (χ1n) is 5.98. The van der Waals surface area contributed by atoms with Gasteiger partial charge in [-0.05, 0) is 22.8 Å². The molecule has 0 radical (unpaired) electrons. The summed E-state index contributed by atoms with van der Waals surface area (Å²) in [7, 11) is 0. The van der Waals surface area contributed by atoms with Crippen molar-refractivity contribution in [3.8, 4) is 0 Å². The minimum Gasteiger partial charge on any atom is -0.388 e. The molecule has 0 aliphatic rings. The van der Waals surface area contributed by atoms with Crippen LogP contribution in [0.2, 0.25) is 0 Å². The molecule has 0 bridgehead atoms. The molecule has 1 N–H and O–H groups in total. The third-order valence-corrected chi connectivity index (χ3v) is 3.01. The summed E-state index contributed by atoms with van der Waals surface area (Å²) in [6.07, 6.45) is 2.72. The van der Waals surface area contributed by atoms with E-state index in [1.54, 1.807) is 0 Å². The van der Waals surface area contributed by atoms with Gasteiger partial charge < -0.3 is 5.11 Å². The predicted molar refractivity (Wildman–Crippen MR) is 68.4 cm³/mol. The summed E-state index contributed by atoms with van der Waals surface area (Å²) in [5, 5.41) is 12.5. The number of unbranched alkanes of at least 4 members (excludes halogenated alkanes) is 1. The van der Waals surface area contributed by atoms with Crippen LogP contribution in [0.15, 0.2) is 42.5 Å². The van der Waals surface area contributed by atoms with Gasteiger partial charge in [-0.15, -0.1) is 0 Å². The molecule has 0 spiro atoms. The molecular weight excluding hydrogens is 196 g/mol. The Kier molecular flexibility index (Phi) is 3.58. The normalized spacial score (nSPS) is 12.9. The molecule has 0 saturated heterocycles. The van der Waals surface area contributed by atoms with Gasteiger partial charge in [-0.1, -0.05) is 62.2 Å². The van der Waals surface area contributed by atoms with Gasteiger partial charge >= 0.3 is 0 Å². The minimum atomic E-state index is -0.328. The fourth-order valence-corrected chi connectivity index (χ4v) is 2.09. The Morgan fingerprint density at radius 1 is 1.06 bits per heavy atom. The van der Waals surface area contributed by atoms with Crippen molar-refractivity contribution in [1.29, 1.82) is 0 Å². The second-order valence-electron chi connectivity index (χ2n) is 4.23. The van der Waals surface area contributed by atoms with Crippen LogP contribution in [0.1, 0.15) is 37.9 Å². The zero-order valence-corrected chi connectivity index (χ0v) is 9.69. The molecule has 0 amide bonds. The van der Waals surface area contributed by atoms with Crippen LogP contribution in [-0.4, -0.2) is 5.11 Å². The molecule has 0 heterocycles. The van der Waals surface area contributed by atoms with Crippen LogP contribution in [0.5, 0.6) is 0 Å². The van der Waals surface area contributed by atoms with Crippen molar-refractivity contribution in [2.75, 3.05) is 0 Å². The Balaban J connectivity index is 2.36. The Hall–Kier alpha value is -1.34. The molecule has 0 saturated carbocycles. The van der Waals surface area contributed by atoms with Crippen molar-refractivity contribution < 1.29 is 5.11 Å². The summed E-state index contributed by atoms with van der Waals surface area (Å²) in [5.41, 5.74) is 1.06. The highest BCUT2D eigenvalue weighted by atomic mass is 16.3. The average molecular weight is 214 g/mol. The maximum absolute atomic E-state index is 10.1. The lowest BCUT2D eigenvalue weighted by Gasteiger charge is -2.13. The maximum Gasteiger partial charge on any atom is 0.0796 e. The van der Waals surface area contributed by atoms with Crippen LogP contribution in [0.25, 0.3) is 10.8 Å². The van der Waals surface area contributed by atoms with E-state index in [9.17, 15) is 5.11 Å². The maximum atomic E-state index is 10.1. The predicted octanol–water partition coefficient (Wildman–Crippen LogP) is 4.06. The highest BCUT2D eigenvalue weighted by Crippen LogP contribution is 2.27. The standard InChI is InChI=1S/C15H18O/c1-2-3-11-15(16)14-10-6-8-12-7-4-5-9-13(12)14/h4-10,15-16H,2-3,11H2,1H3. The van der Waals surface area contributed by atoms with Crippen molar-refractivity contribution in [2.45, 2.75) is 32.3 Å². The fraction of sp³-hybridized carbons (Fsp3) is 0.333. The lowest BCUT2D eigenvalue weighted by Crippen LogP contribution is -1.98. The number of aliphatic hydroxyl groups is 1. The van der Waals surface area contributed by atoms with Gasteiger partial charge in [0.15, 0.2) is 0 Å². The average Bonchev–Trinajstić information content (AvgIpc) is 2.35. The molecule has 0 fully saturated rings. The van der Waals surface area contributed by atoms with E-state index in [1.165, 1.54) is 10.8 Å². The van der Waals surface area contributed by atoms with Crippen molar-refractivity contribution in [3.63, 3.8) is 0 Å². The van der Waals surface area contributed by atoms with Crippen LogP contribution >= 0.6 is 0 Å². The Morgan fingerprint density at radius 2 is 1.81 bits per heavy atom. The van der Waals surface area contributed by atoms with E-state index in [0.717, 1.165) is 24.8 Å². The first-order chi connectivity index (χ1) is 7.83. The molecule has 84 valence electrons. The van der Waals surface area contributed by atoms with Gasteiger partial charge in [-0.2, -0.15) is 0 Å². The first kappa shape index (κ1) is 11.2. The molecule has 0 aliphatic heterocycles. The van der Waals surface area contributed by atoms with Crippen LogP contribution in [0, 0.1) is 0 Å². The SMILES string of the molecule is CCCCC(O)c1cccc2ccccc12. The van der Waals surface area contributed by atoms with Crippen molar-refractivity contribution >= 4 is 10.8 Å². The van der Waals surface area contributed by atoms with Crippen molar-refractivity contribution in [2.24, 2.45) is 0 Å². The number of fused-ring (bicyclic) bond motifs is 1. The third-order valence-electron chi connectivity index (χ3n) is 3.01. The van der Waals surface area contributed by atoms with Gasteiger partial charge in [0.2, 0.25) is 0 Å². The zero-order chi connectivity index (χ0) is 11.4. The van der Waals surface area contributed by atoms with Crippen molar-refractivity contribution in [1.82, 2.24) is 0 Å². The van der Waals surface area contributed by atoms with Crippen molar-refractivity contribution in [3.05, 3.63) is 48.0 Å². The molecule has 1 nitrogen and oxygen atoms in total. The number of hydrogen-bond acceptors (Lipinski definition) is 1. The zero-order valence-electron chi connectivity index (χ0n) is 9.69. The van der Waals surface area contributed by atoms with Gasteiger partial charge in [0.25, 0.3) is 0 Å². The van der Waals surface area contributed by atoms with Crippen LogP contribution in [-0.2, 0) is 0 Å². The van der Waals surface area contributed by atoms with Gasteiger partial charge in [0.05, 0.1) is 6.10 Å². The summed E-state index contributed by atoms with van der Waals surface area (Å²) in [6, 6.07) is 14.4. The molecule has 1 unspecified atom stereocenters. The number of rotatable bonds is 4. The lowest BCUT2D eigenvalue weighted by atomic mass is 9.97. The third kappa shape index (κ3) is 2.25. The molecule has 16 heavy (non-hydrogen) atoms. The summed E-state index contributed by atoms with van der Waals surface area (Å²) >= 11 is 0. The number of hydrogen-bond donors (Lipinski definition) is 1. The molecule has 0 aromatic heterocycles. The van der Waals surface area contributed by atoms with Gasteiger partial charge in [-0.3, -0.25) is 0 Å². The molecule has 1 atom stereocenters. The molecule has 2 aromatic rings. The topological polar surface area (TPSA) is 20.2 Å². The molecule has 0 aliphatic carbocycles. The summed E-state index contributed by atoms with van der Waals surface area (Å²) < 4.78 is 0. The summed E-state index contributed by atoms with van der Waals surface area (Å²) in [5.74, 6) is 0.